The Balaban J connectivity index is 2.63. The molecular weight excluding hydrogens is 333 g/mol. The van der Waals surface area contributed by atoms with Gasteiger partial charge in [-0.1, -0.05) is 22.6 Å². The number of rotatable bonds is 4. The molecular formula is C12H21INO3. The van der Waals surface area contributed by atoms with Crippen molar-refractivity contribution in [1.29, 1.82) is 0 Å². The highest BCUT2D eigenvalue weighted by atomic mass is 127. The molecule has 1 atom stereocenters. The fourth-order valence-electron chi connectivity index (χ4n) is 2.31. The molecule has 1 unspecified atom stereocenters. The molecule has 99 valence electrons. The van der Waals surface area contributed by atoms with Crippen molar-refractivity contribution < 1.29 is 14.7 Å². The molecule has 0 amide bonds. The lowest BCUT2D eigenvalue weighted by molar-refractivity contribution is -0.252. The first-order valence-corrected chi connectivity index (χ1v) is 7.47. The van der Waals surface area contributed by atoms with Gasteiger partial charge in [0.25, 0.3) is 0 Å². The zero-order valence-corrected chi connectivity index (χ0v) is 13.1. The number of esters is 1. The van der Waals surface area contributed by atoms with Crippen LogP contribution in [-0.2, 0) is 14.7 Å². The van der Waals surface area contributed by atoms with E-state index in [1.165, 1.54) is 0 Å². The van der Waals surface area contributed by atoms with Gasteiger partial charge in [-0.3, -0.25) is 4.79 Å². The second-order valence-electron chi connectivity index (χ2n) is 5.74. The van der Waals surface area contributed by atoms with Crippen molar-refractivity contribution in [2.75, 3.05) is 4.43 Å². The SMILES string of the molecule is CC1(C)CC(OC(=O)CCCI)C(C)(C)N1[O]. The maximum atomic E-state index is 12.1. The van der Waals surface area contributed by atoms with Crippen LogP contribution in [0.1, 0.15) is 47.0 Å². The van der Waals surface area contributed by atoms with Crippen LogP contribution in [0.2, 0.25) is 0 Å². The Morgan fingerprint density at radius 2 is 2.00 bits per heavy atom. The van der Waals surface area contributed by atoms with Crippen molar-refractivity contribution in [1.82, 2.24) is 5.06 Å². The van der Waals surface area contributed by atoms with E-state index in [2.05, 4.69) is 22.6 Å². The molecule has 0 aromatic rings. The second kappa shape index (κ2) is 5.40. The third-order valence-corrected chi connectivity index (χ3v) is 4.10. The molecule has 1 heterocycles. The van der Waals surface area contributed by atoms with Gasteiger partial charge >= 0.3 is 5.97 Å². The van der Waals surface area contributed by atoms with Gasteiger partial charge in [0, 0.05) is 22.8 Å². The molecule has 0 aromatic carbocycles. The molecule has 1 saturated heterocycles. The number of hydrogen-bond acceptors (Lipinski definition) is 3. The molecule has 0 N–H and O–H groups in total. The highest BCUT2D eigenvalue weighted by Crippen LogP contribution is 2.41. The molecule has 1 rings (SSSR count). The van der Waals surface area contributed by atoms with Crippen LogP contribution in [0.5, 0.6) is 0 Å². The van der Waals surface area contributed by atoms with Gasteiger partial charge in [-0.2, -0.15) is 0 Å². The van der Waals surface area contributed by atoms with Crippen LogP contribution >= 0.6 is 22.6 Å². The zero-order chi connectivity index (χ0) is 13.3. The molecule has 0 aliphatic carbocycles. The minimum atomic E-state index is -0.635. The molecule has 1 aliphatic rings. The van der Waals surface area contributed by atoms with Gasteiger partial charge in [-0.15, -0.1) is 10.3 Å². The Kier molecular flexibility index (Phi) is 4.82. The number of hydrogen-bond donors (Lipinski definition) is 0. The smallest absolute Gasteiger partial charge is 0.306 e. The summed E-state index contributed by atoms with van der Waals surface area (Å²) in [5.41, 5.74) is -1.10. The van der Waals surface area contributed by atoms with E-state index < -0.39 is 11.1 Å². The number of nitrogens with zero attached hydrogens (tertiary/aromatic N) is 1. The Morgan fingerprint density at radius 1 is 1.41 bits per heavy atom. The molecule has 1 radical (unpaired) electrons. The summed E-state index contributed by atoms with van der Waals surface area (Å²) < 4.78 is 6.40. The average molecular weight is 354 g/mol. The van der Waals surface area contributed by atoms with Crippen molar-refractivity contribution in [3.05, 3.63) is 0 Å². The van der Waals surface area contributed by atoms with Gasteiger partial charge < -0.3 is 4.74 Å². The van der Waals surface area contributed by atoms with E-state index in [0.29, 0.717) is 12.8 Å². The van der Waals surface area contributed by atoms with E-state index in [1.54, 1.807) is 0 Å². The number of halogens is 1. The van der Waals surface area contributed by atoms with E-state index in [-0.39, 0.29) is 12.1 Å². The summed E-state index contributed by atoms with van der Waals surface area (Å²) in [6.07, 6.45) is 1.56. The minimum absolute atomic E-state index is 0.189. The van der Waals surface area contributed by atoms with Crippen molar-refractivity contribution in [2.24, 2.45) is 0 Å². The van der Waals surface area contributed by atoms with Gasteiger partial charge in [-0.05, 0) is 34.1 Å². The molecule has 0 saturated carbocycles. The molecule has 0 aromatic heterocycles. The van der Waals surface area contributed by atoms with E-state index in [0.717, 1.165) is 15.9 Å². The molecule has 0 bridgehead atoms. The van der Waals surface area contributed by atoms with E-state index in [9.17, 15) is 10.0 Å². The van der Waals surface area contributed by atoms with E-state index in [1.807, 2.05) is 27.7 Å². The Hall–Kier alpha value is 0.120. The van der Waals surface area contributed by atoms with Crippen LogP contribution in [-0.4, -0.2) is 32.6 Å². The van der Waals surface area contributed by atoms with Crippen molar-refractivity contribution in [3.8, 4) is 0 Å². The predicted molar refractivity (Wildman–Crippen MR) is 73.3 cm³/mol. The summed E-state index contributed by atoms with van der Waals surface area (Å²) in [6, 6.07) is 0. The highest BCUT2D eigenvalue weighted by molar-refractivity contribution is 14.1. The maximum Gasteiger partial charge on any atom is 0.306 e. The fourth-order valence-corrected chi connectivity index (χ4v) is 2.69. The number of carbonyl (C=O) groups excluding carboxylic acids is 1. The van der Waals surface area contributed by atoms with Crippen LogP contribution in [0, 0.1) is 0 Å². The van der Waals surface area contributed by atoms with Crippen LogP contribution < -0.4 is 0 Å². The number of carbonyl (C=O) groups is 1. The number of ether oxygens (including phenoxy) is 1. The number of alkyl halides is 1. The van der Waals surface area contributed by atoms with Gasteiger partial charge in [0.15, 0.2) is 0 Å². The third-order valence-electron chi connectivity index (χ3n) is 3.33. The van der Waals surface area contributed by atoms with Crippen molar-refractivity contribution in [2.45, 2.75) is 64.1 Å². The van der Waals surface area contributed by atoms with Crippen LogP contribution in [0.25, 0.3) is 0 Å². The first-order valence-electron chi connectivity index (χ1n) is 5.95. The molecule has 17 heavy (non-hydrogen) atoms. The zero-order valence-electron chi connectivity index (χ0n) is 11.0. The van der Waals surface area contributed by atoms with Gasteiger partial charge in [0.05, 0.1) is 5.54 Å². The van der Waals surface area contributed by atoms with Gasteiger partial charge in [0.1, 0.15) is 6.10 Å². The van der Waals surface area contributed by atoms with E-state index >= 15 is 0 Å². The molecule has 5 heteroatoms. The fraction of sp³-hybridized carbons (Fsp3) is 0.917. The Bertz CT molecular complexity index is 291. The van der Waals surface area contributed by atoms with Crippen molar-refractivity contribution >= 4 is 28.6 Å². The van der Waals surface area contributed by atoms with Gasteiger partial charge in [-0.25, -0.2) is 0 Å². The lowest BCUT2D eigenvalue weighted by atomic mass is 9.97. The second-order valence-corrected chi connectivity index (χ2v) is 6.81. The quantitative estimate of drug-likeness (QED) is 0.443. The van der Waals surface area contributed by atoms with E-state index in [4.69, 9.17) is 4.74 Å². The summed E-state index contributed by atoms with van der Waals surface area (Å²) >= 11 is 2.24. The normalized spacial score (nSPS) is 27.1. The van der Waals surface area contributed by atoms with Crippen LogP contribution in [0.3, 0.4) is 0 Å². The average Bonchev–Trinajstić information content (AvgIpc) is 2.37. The summed E-state index contributed by atoms with van der Waals surface area (Å²) in [7, 11) is 0. The molecule has 1 aliphatic heterocycles. The lowest BCUT2D eigenvalue weighted by Crippen LogP contribution is -2.48. The first kappa shape index (κ1) is 15.2. The number of hydroxylamine groups is 2. The van der Waals surface area contributed by atoms with Crippen molar-refractivity contribution in [3.63, 3.8) is 0 Å². The first-order chi connectivity index (χ1) is 7.71. The summed E-state index contributed by atoms with van der Waals surface area (Å²) in [4.78, 5) is 11.6. The van der Waals surface area contributed by atoms with Crippen LogP contribution in [0.15, 0.2) is 0 Å². The summed E-state index contributed by atoms with van der Waals surface area (Å²) in [5, 5.41) is 13.1. The lowest BCUT2D eigenvalue weighted by Gasteiger charge is -2.32. The molecule has 4 nitrogen and oxygen atoms in total. The summed E-state index contributed by atoms with van der Waals surface area (Å²) in [6.45, 7) is 7.46. The summed E-state index contributed by atoms with van der Waals surface area (Å²) in [5.74, 6) is -0.189. The monoisotopic (exact) mass is 354 g/mol. The standard InChI is InChI=1S/C12H21INO3/c1-11(2)8-9(12(3,4)14(11)16)17-10(15)6-5-7-13/h9H,5-8H2,1-4H3. The van der Waals surface area contributed by atoms with Gasteiger partial charge in [0.2, 0.25) is 0 Å². The topological polar surface area (TPSA) is 49.4 Å². The molecule has 1 fully saturated rings. The Morgan fingerprint density at radius 3 is 2.41 bits per heavy atom. The highest BCUT2D eigenvalue weighted by Gasteiger charge is 2.54. The largest absolute Gasteiger partial charge is 0.460 e. The van der Waals surface area contributed by atoms with Crippen LogP contribution in [0.4, 0.5) is 0 Å². The Labute approximate surface area is 117 Å². The predicted octanol–water partition coefficient (Wildman–Crippen LogP) is 2.72. The minimum Gasteiger partial charge on any atom is -0.460 e. The third kappa shape index (κ3) is 3.32. The molecule has 0 spiro atoms. The maximum absolute atomic E-state index is 12.1.